The largest absolute Gasteiger partial charge is 0.489 e. The van der Waals surface area contributed by atoms with E-state index in [9.17, 15) is 23.1 Å². The molecule has 5 nitrogen and oxygen atoms in total. The first-order chi connectivity index (χ1) is 14.1. The van der Waals surface area contributed by atoms with Gasteiger partial charge in [-0.3, -0.25) is 14.7 Å². The van der Waals surface area contributed by atoms with Crippen LogP contribution >= 0.6 is 22.6 Å². The number of carbonyl (C=O) groups is 1. The Bertz CT molecular complexity index is 921. The summed E-state index contributed by atoms with van der Waals surface area (Å²) in [6.07, 6.45) is 0.927. The molecule has 2 heterocycles. The molecule has 0 radical (unpaired) electrons. The van der Waals surface area contributed by atoms with Crippen LogP contribution in [0.15, 0.2) is 30.6 Å². The Morgan fingerprint density at radius 1 is 1.30 bits per heavy atom. The fourth-order valence-corrected chi connectivity index (χ4v) is 4.22. The lowest BCUT2D eigenvalue weighted by atomic mass is 9.99. The van der Waals surface area contributed by atoms with E-state index in [0.717, 1.165) is 28.0 Å². The van der Waals surface area contributed by atoms with Crippen molar-refractivity contribution in [2.75, 3.05) is 6.54 Å². The van der Waals surface area contributed by atoms with Gasteiger partial charge < -0.3 is 9.84 Å². The number of pyridine rings is 1. The average Bonchev–Trinajstić information content (AvgIpc) is 2.67. The minimum absolute atomic E-state index is 0.0652. The summed E-state index contributed by atoms with van der Waals surface area (Å²) >= 11 is 2.12. The molecular weight excluding hydrogens is 512 g/mol. The Morgan fingerprint density at radius 3 is 2.73 bits per heavy atom. The zero-order valence-corrected chi connectivity index (χ0v) is 18.5. The van der Waals surface area contributed by atoms with Gasteiger partial charge in [-0.05, 0) is 72.7 Å². The number of rotatable bonds is 6. The highest BCUT2D eigenvalue weighted by atomic mass is 127. The van der Waals surface area contributed by atoms with E-state index in [-0.39, 0.29) is 18.7 Å². The fraction of sp³-hybridized carbons (Fsp3) is 0.429. The SMILES string of the molecule is Cc1cc(OCc2cncc(I)c2)c(CN2CCCC[C@H]2C(=O)O)cc1C(F)(F)F. The predicted molar refractivity (Wildman–Crippen MR) is 113 cm³/mol. The van der Waals surface area contributed by atoms with Crippen LogP contribution in [0.4, 0.5) is 13.2 Å². The third-order valence-corrected chi connectivity index (χ3v) is 5.73. The van der Waals surface area contributed by atoms with E-state index in [1.165, 1.54) is 13.0 Å². The van der Waals surface area contributed by atoms with E-state index in [1.807, 2.05) is 6.07 Å². The fourth-order valence-electron chi connectivity index (χ4n) is 3.66. The van der Waals surface area contributed by atoms with E-state index in [4.69, 9.17) is 4.74 Å². The second kappa shape index (κ2) is 9.51. The van der Waals surface area contributed by atoms with Crippen molar-refractivity contribution < 1.29 is 27.8 Å². The van der Waals surface area contributed by atoms with Gasteiger partial charge in [0, 0.05) is 33.6 Å². The number of carboxylic acid groups (broad SMARTS) is 1. The molecule has 0 aliphatic carbocycles. The van der Waals surface area contributed by atoms with Crippen molar-refractivity contribution >= 4 is 28.6 Å². The minimum atomic E-state index is -4.50. The number of nitrogens with zero attached hydrogens (tertiary/aromatic N) is 2. The van der Waals surface area contributed by atoms with Gasteiger partial charge in [0.1, 0.15) is 18.4 Å². The first-order valence-electron chi connectivity index (χ1n) is 9.55. The summed E-state index contributed by atoms with van der Waals surface area (Å²) in [4.78, 5) is 17.4. The molecule has 1 atom stereocenters. The number of likely N-dealkylation sites (tertiary alicyclic amines) is 1. The Labute approximate surface area is 186 Å². The molecular formula is C21H22F3IN2O3. The van der Waals surface area contributed by atoms with Gasteiger partial charge in [-0.2, -0.15) is 13.2 Å². The van der Waals surface area contributed by atoms with Crippen molar-refractivity contribution in [3.63, 3.8) is 0 Å². The van der Waals surface area contributed by atoms with E-state index in [2.05, 4.69) is 27.6 Å². The molecule has 3 rings (SSSR count). The van der Waals surface area contributed by atoms with Crippen LogP contribution in [-0.2, 0) is 24.1 Å². The quantitative estimate of drug-likeness (QED) is 0.527. The number of hydrogen-bond acceptors (Lipinski definition) is 4. The Morgan fingerprint density at radius 2 is 2.07 bits per heavy atom. The van der Waals surface area contributed by atoms with Crippen LogP contribution in [0.1, 0.15) is 41.5 Å². The van der Waals surface area contributed by atoms with Gasteiger partial charge in [-0.1, -0.05) is 6.42 Å². The summed E-state index contributed by atoms with van der Waals surface area (Å²) in [5.41, 5.74) is 0.464. The lowest BCUT2D eigenvalue weighted by Crippen LogP contribution is -2.44. The van der Waals surface area contributed by atoms with Gasteiger partial charge in [0.05, 0.1) is 5.56 Å². The molecule has 0 unspecified atom stereocenters. The molecule has 0 spiro atoms. The number of halogens is 4. The molecule has 0 amide bonds. The van der Waals surface area contributed by atoms with Crippen LogP contribution in [0.2, 0.25) is 0 Å². The first-order valence-corrected chi connectivity index (χ1v) is 10.6. The van der Waals surface area contributed by atoms with Gasteiger partial charge in [0.2, 0.25) is 0 Å². The third-order valence-electron chi connectivity index (χ3n) is 5.14. The molecule has 0 bridgehead atoms. The third kappa shape index (κ3) is 5.63. The van der Waals surface area contributed by atoms with E-state index in [1.54, 1.807) is 17.3 Å². The van der Waals surface area contributed by atoms with Gasteiger partial charge >= 0.3 is 12.1 Å². The molecule has 1 aromatic heterocycles. The summed E-state index contributed by atoms with van der Waals surface area (Å²) in [6, 6.07) is 3.65. The number of carboxylic acids is 1. The highest BCUT2D eigenvalue weighted by Crippen LogP contribution is 2.37. The van der Waals surface area contributed by atoms with Gasteiger partial charge in [-0.25, -0.2) is 0 Å². The van der Waals surface area contributed by atoms with Crippen molar-refractivity contribution in [3.05, 3.63) is 56.4 Å². The van der Waals surface area contributed by atoms with Crippen LogP contribution in [0, 0.1) is 10.5 Å². The standard InChI is InChI=1S/C21H22F3IN2O3/c1-13-6-19(30-12-14-7-16(25)10-26-9-14)15(8-17(13)21(22,23)24)11-27-5-3-2-4-18(27)20(28)29/h6-10,18H,2-5,11-12H2,1H3,(H,28,29)/t18-/m0/s1. The topological polar surface area (TPSA) is 62.7 Å². The van der Waals surface area contributed by atoms with Crippen molar-refractivity contribution in [2.45, 2.75) is 51.6 Å². The molecule has 1 aliphatic rings. The van der Waals surface area contributed by atoms with Crippen molar-refractivity contribution in [1.82, 2.24) is 9.88 Å². The van der Waals surface area contributed by atoms with Crippen LogP contribution < -0.4 is 4.74 Å². The van der Waals surface area contributed by atoms with Gasteiger partial charge in [0.25, 0.3) is 0 Å². The molecule has 162 valence electrons. The molecule has 1 aromatic carbocycles. The van der Waals surface area contributed by atoms with Crippen LogP contribution in [0.25, 0.3) is 0 Å². The summed E-state index contributed by atoms with van der Waals surface area (Å²) in [5, 5.41) is 9.50. The summed E-state index contributed by atoms with van der Waals surface area (Å²) < 4.78 is 47.2. The number of benzene rings is 1. The zero-order valence-electron chi connectivity index (χ0n) is 16.4. The van der Waals surface area contributed by atoms with Gasteiger partial charge in [0.15, 0.2) is 0 Å². The molecule has 0 saturated carbocycles. The lowest BCUT2D eigenvalue weighted by Gasteiger charge is -2.33. The van der Waals surface area contributed by atoms with Gasteiger partial charge in [-0.15, -0.1) is 0 Å². The summed E-state index contributed by atoms with van der Waals surface area (Å²) in [7, 11) is 0. The molecule has 1 N–H and O–H groups in total. The highest BCUT2D eigenvalue weighted by Gasteiger charge is 2.34. The monoisotopic (exact) mass is 534 g/mol. The minimum Gasteiger partial charge on any atom is -0.489 e. The normalized spacial score (nSPS) is 17.7. The maximum absolute atomic E-state index is 13.5. The smallest absolute Gasteiger partial charge is 0.416 e. The Hall–Kier alpha value is -1.88. The lowest BCUT2D eigenvalue weighted by molar-refractivity contribution is -0.145. The van der Waals surface area contributed by atoms with Crippen molar-refractivity contribution in [2.24, 2.45) is 0 Å². The molecule has 30 heavy (non-hydrogen) atoms. The number of aliphatic carboxylic acids is 1. The summed E-state index contributed by atoms with van der Waals surface area (Å²) in [5.74, 6) is -0.626. The average molecular weight is 534 g/mol. The van der Waals surface area contributed by atoms with Crippen LogP contribution in [0.3, 0.4) is 0 Å². The molecule has 9 heteroatoms. The van der Waals surface area contributed by atoms with Crippen molar-refractivity contribution in [1.29, 1.82) is 0 Å². The summed E-state index contributed by atoms with van der Waals surface area (Å²) in [6.45, 7) is 2.16. The molecule has 1 aliphatic heterocycles. The number of ether oxygens (including phenoxy) is 1. The maximum atomic E-state index is 13.5. The molecule has 1 saturated heterocycles. The van der Waals surface area contributed by atoms with E-state index < -0.39 is 23.8 Å². The second-order valence-electron chi connectivity index (χ2n) is 7.39. The highest BCUT2D eigenvalue weighted by molar-refractivity contribution is 14.1. The first kappa shape index (κ1) is 22.8. The number of alkyl halides is 3. The number of aromatic nitrogens is 1. The molecule has 1 fully saturated rings. The number of aryl methyl sites for hydroxylation is 1. The Balaban J connectivity index is 1.92. The van der Waals surface area contributed by atoms with Crippen molar-refractivity contribution in [3.8, 4) is 5.75 Å². The number of piperidine rings is 1. The molecule has 2 aromatic rings. The predicted octanol–water partition coefficient (Wildman–Crippen LogP) is 5.03. The van der Waals surface area contributed by atoms with E-state index >= 15 is 0 Å². The van der Waals surface area contributed by atoms with Crippen LogP contribution in [0.5, 0.6) is 5.75 Å². The second-order valence-corrected chi connectivity index (χ2v) is 8.64. The maximum Gasteiger partial charge on any atom is 0.416 e. The number of hydrogen-bond donors (Lipinski definition) is 1. The van der Waals surface area contributed by atoms with E-state index in [0.29, 0.717) is 24.3 Å². The Kier molecular flexibility index (Phi) is 7.22. The zero-order chi connectivity index (χ0) is 21.9. The van der Waals surface area contributed by atoms with Crippen LogP contribution in [-0.4, -0.2) is 33.5 Å².